The van der Waals surface area contributed by atoms with Crippen LogP contribution in [0.5, 0.6) is 0 Å². The molecule has 2 aliphatic rings. The summed E-state index contributed by atoms with van der Waals surface area (Å²) in [4.78, 5) is 26.2. The van der Waals surface area contributed by atoms with Gasteiger partial charge in [-0.3, -0.25) is 14.5 Å². The molecule has 2 fully saturated rings. The molecule has 0 spiro atoms. The van der Waals surface area contributed by atoms with Crippen LogP contribution in [-0.4, -0.2) is 58.5 Å². The second kappa shape index (κ2) is 13.1. The largest absolute Gasteiger partial charge is 0.481 e. The molecule has 0 unspecified atom stereocenters. The van der Waals surface area contributed by atoms with Crippen LogP contribution in [0.2, 0.25) is 0 Å². The summed E-state index contributed by atoms with van der Waals surface area (Å²) in [6.07, 6.45) is 6.82. The zero-order valence-electron chi connectivity index (χ0n) is 20.2. The third-order valence-corrected chi connectivity index (χ3v) is 7.88. The molecule has 1 aliphatic carbocycles. The van der Waals surface area contributed by atoms with Gasteiger partial charge in [-0.15, -0.1) is 0 Å². The molecule has 2 aromatic carbocycles. The second-order valence-electron chi connectivity index (χ2n) is 9.32. The van der Waals surface area contributed by atoms with Gasteiger partial charge in [0.25, 0.3) is 0 Å². The molecule has 1 saturated carbocycles. The first kappa shape index (κ1) is 25.7. The Kier molecular flexibility index (Phi) is 9.57. The molecule has 3 atom stereocenters. The number of thioether (sulfide) groups is 1. The molecule has 35 heavy (non-hydrogen) atoms. The van der Waals surface area contributed by atoms with Crippen LogP contribution in [0.4, 0.5) is 0 Å². The van der Waals surface area contributed by atoms with Crippen molar-refractivity contribution in [2.75, 3.05) is 24.6 Å². The molecular formula is C29H35NO4S. The number of Topliss-reactive ketones (excluding diaryl/α,β-unsaturated/α-hetero) is 1. The predicted octanol–water partition coefficient (Wildman–Crippen LogP) is 5.45. The molecule has 0 bridgehead atoms. The molecule has 4 rings (SSSR count). The summed E-state index contributed by atoms with van der Waals surface area (Å²) >= 11 is 1.95. The van der Waals surface area contributed by atoms with E-state index in [0.717, 1.165) is 43.0 Å². The minimum atomic E-state index is -0.774. The Morgan fingerprint density at radius 1 is 1.00 bits per heavy atom. The Morgan fingerprint density at radius 2 is 1.69 bits per heavy atom. The molecule has 186 valence electrons. The number of carboxylic acids is 1. The minimum absolute atomic E-state index is 0.0613. The van der Waals surface area contributed by atoms with E-state index < -0.39 is 5.97 Å². The number of nitrogens with zero attached hydrogens (tertiary/aromatic N) is 1. The molecule has 1 heterocycles. The van der Waals surface area contributed by atoms with E-state index in [4.69, 9.17) is 9.84 Å². The molecule has 2 aromatic rings. The Balaban J connectivity index is 1.38. The van der Waals surface area contributed by atoms with Crippen LogP contribution in [0.25, 0.3) is 11.1 Å². The van der Waals surface area contributed by atoms with Gasteiger partial charge < -0.3 is 9.84 Å². The molecule has 6 heteroatoms. The first-order valence-electron chi connectivity index (χ1n) is 12.6. The lowest BCUT2D eigenvalue weighted by molar-refractivity contribution is -0.136. The van der Waals surface area contributed by atoms with E-state index in [9.17, 15) is 9.59 Å². The highest BCUT2D eigenvalue weighted by molar-refractivity contribution is 7.99. The summed E-state index contributed by atoms with van der Waals surface area (Å²) in [5, 5.41) is 8.82. The normalized spacial score (nSPS) is 23.2. The lowest BCUT2D eigenvalue weighted by atomic mass is 9.93. The molecule has 0 radical (unpaired) electrons. The number of ketones is 1. The number of aliphatic carboxylic acids is 1. The van der Waals surface area contributed by atoms with Crippen LogP contribution in [0.15, 0.2) is 66.7 Å². The summed E-state index contributed by atoms with van der Waals surface area (Å²) in [6.45, 7) is 2.42. The average Bonchev–Trinajstić information content (AvgIpc) is 3.20. The standard InChI is InChI=1S/C29H35NO4S/c31-26-20-27(34-21-22-12-14-24(15-13-22)23-8-4-3-5-9-23)25(10-6-1-2-7-11-28(32)33)29(26)30-16-18-35-19-17-30/h1-5,8-9,12-15,25,27,29H,6-7,10-11,16-21H2,(H,32,33)/b2-1-/t25-,27-,29+/m0/s1. The van der Waals surface area contributed by atoms with Gasteiger partial charge in [-0.05, 0) is 36.0 Å². The summed E-state index contributed by atoms with van der Waals surface area (Å²) in [7, 11) is 0. The van der Waals surface area contributed by atoms with Crippen molar-refractivity contribution in [3.05, 3.63) is 72.3 Å². The van der Waals surface area contributed by atoms with E-state index in [1.54, 1.807) is 0 Å². The highest BCUT2D eigenvalue weighted by Gasteiger charge is 2.45. The highest BCUT2D eigenvalue weighted by atomic mass is 32.2. The fraction of sp³-hybridized carbons (Fsp3) is 0.448. The number of benzene rings is 2. The molecular weight excluding hydrogens is 458 g/mol. The number of allylic oxidation sites excluding steroid dienone is 2. The number of ether oxygens (including phenoxy) is 1. The summed E-state index contributed by atoms with van der Waals surface area (Å²) in [5.74, 6) is 1.85. The van der Waals surface area contributed by atoms with Gasteiger partial charge >= 0.3 is 5.97 Å². The SMILES string of the molecule is O=C(O)CC/C=C\CC[C@H]1[C@@H](OCc2ccc(-c3ccccc3)cc2)CC(=O)[C@@H]1N1CCSCC1. The number of hydrogen-bond acceptors (Lipinski definition) is 5. The van der Waals surface area contributed by atoms with Gasteiger partial charge in [0.15, 0.2) is 5.78 Å². The van der Waals surface area contributed by atoms with Crippen molar-refractivity contribution in [3.63, 3.8) is 0 Å². The first-order chi connectivity index (χ1) is 17.1. The van der Waals surface area contributed by atoms with Gasteiger partial charge in [0.1, 0.15) is 0 Å². The Morgan fingerprint density at radius 3 is 2.40 bits per heavy atom. The zero-order valence-corrected chi connectivity index (χ0v) is 21.0. The van der Waals surface area contributed by atoms with Gasteiger partial charge in [0.05, 0.1) is 18.8 Å². The third-order valence-electron chi connectivity index (χ3n) is 6.94. The van der Waals surface area contributed by atoms with Crippen molar-refractivity contribution >= 4 is 23.5 Å². The maximum Gasteiger partial charge on any atom is 0.303 e. The van der Waals surface area contributed by atoms with Crippen molar-refractivity contribution in [2.24, 2.45) is 5.92 Å². The smallest absolute Gasteiger partial charge is 0.303 e. The van der Waals surface area contributed by atoms with E-state index in [-0.39, 0.29) is 24.5 Å². The van der Waals surface area contributed by atoms with Gasteiger partial charge in [-0.25, -0.2) is 0 Å². The van der Waals surface area contributed by atoms with Gasteiger partial charge in [0, 0.05) is 43.4 Å². The average molecular weight is 494 g/mol. The lowest BCUT2D eigenvalue weighted by Gasteiger charge is -2.35. The second-order valence-corrected chi connectivity index (χ2v) is 10.5. The molecule has 1 aliphatic heterocycles. The van der Waals surface area contributed by atoms with Gasteiger partial charge in [-0.1, -0.05) is 66.7 Å². The summed E-state index contributed by atoms with van der Waals surface area (Å²) in [5.41, 5.74) is 3.49. The Labute approximate surface area is 212 Å². The minimum Gasteiger partial charge on any atom is -0.481 e. The number of carbonyl (C=O) groups excluding carboxylic acids is 1. The molecule has 1 saturated heterocycles. The molecule has 5 nitrogen and oxygen atoms in total. The van der Waals surface area contributed by atoms with Crippen molar-refractivity contribution in [2.45, 2.75) is 50.9 Å². The number of hydrogen-bond donors (Lipinski definition) is 1. The maximum absolute atomic E-state index is 13.1. The number of rotatable bonds is 11. The maximum atomic E-state index is 13.1. The summed E-state index contributed by atoms with van der Waals surface area (Å²) < 4.78 is 6.39. The van der Waals surface area contributed by atoms with Gasteiger partial charge in [0.2, 0.25) is 0 Å². The predicted molar refractivity (Wildman–Crippen MR) is 141 cm³/mol. The fourth-order valence-corrected chi connectivity index (χ4v) is 6.06. The van der Waals surface area contributed by atoms with Crippen molar-refractivity contribution in [1.82, 2.24) is 4.90 Å². The fourth-order valence-electron chi connectivity index (χ4n) is 5.13. The number of carbonyl (C=O) groups is 2. The Hall–Kier alpha value is -2.41. The van der Waals surface area contributed by atoms with Gasteiger partial charge in [-0.2, -0.15) is 11.8 Å². The van der Waals surface area contributed by atoms with Crippen LogP contribution in [0, 0.1) is 5.92 Å². The lowest BCUT2D eigenvalue weighted by Crippen LogP contribution is -2.47. The quantitative estimate of drug-likeness (QED) is 0.420. The van der Waals surface area contributed by atoms with E-state index >= 15 is 0 Å². The first-order valence-corrected chi connectivity index (χ1v) is 13.7. The number of carboxylic acid groups (broad SMARTS) is 1. The van der Waals surface area contributed by atoms with Crippen molar-refractivity contribution in [3.8, 4) is 11.1 Å². The van der Waals surface area contributed by atoms with Crippen molar-refractivity contribution in [1.29, 1.82) is 0 Å². The molecule has 1 N–H and O–H groups in total. The summed E-state index contributed by atoms with van der Waals surface area (Å²) in [6, 6.07) is 18.7. The Bertz CT molecular complexity index is 986. The van der Waals surface area contributed by atoms with Crippen LogP contribution in [-0.2, 0) is 20.9 Å². The zero-order chi connectivity index (χ0) is 24.5. The molecule has 0 amide bonds. The van der Waals surface area contributed by atoms with E-state index in [0.29, 0.717) is 25.2 Å². The monoisotopic (exact) mass is 493 g/mol. The van der Waals surface area contributed by atoms with E-state index in [1.165, 1.54) is 11.1 Å². The van der Waals surface area contributed by atoms with Crippen LogP contribution in [0.1, 0.15) is 37.7 Å². The van der Waals surface area contributed by atoms with Crippen LogP contribution in [0.3, 0.4) is 0 Å². The highest BCUT2D eigenvalue weighted by Crippen LogP contribution is 2.35. The topological polar surface area (TPSA) is 66.8 Å². The van der Waals surface area contributed by atoms with Crippen LogP contribution < -0.4 is 0 Å². The van der Waals surface area contributed by atoms with Crippen LogP contribution >= 0.6 is 11.8 Å². The van der Waals surface area contributed by atoms with Crippen molar-refractivity contribution < 1.29 is 19.4 Å². The molecule has 0 aromatic heterocycles. The van der Waals surface area contributed by atoms with E-state index in [1.807, 2.05) is 36.0 Å². The van der Waals surface area contributed by atoms with E-state index in [2.05, 4.69) is 47.4 Å². The third kappa shape index (κ3) is 7.29.